The molecule has 0 fully saturated rings. The first-order chi connectivity index (χ1) is 35.0. The van der Waals surface area contributed by atoms with Crippen molar-refractivity contribution in [2.24, 2.45) is 0 Å². The molecule has 0 aliphatic carbocycles. The highest BCUT2D eigenvalue weighted by molar-refractivity contribution is 7.47. The normalized spacial score (nSPS) is 13.5. The number of hydrogen-bond acceptors (Lipinski definition) is 7. The maximum absolute atomic E-state index is 12.8. The highest BCUT2D eigenvalue weighted by Crippen LogP contribution is 2.43. The minimum Gasteiger partial charge on any atom is -0.462 e. The van der Waals surface area contributed by atoms with Gasteiger partial charge in [-0.1, -0.05) is 275 Å². The quantitative estimate of drug-likeness (QED) is 0.0211. The summed E-state index contributed by atoms with van der Waals surface area (Å²) >= 11 is 0. The van der Waals surface area contributed by atoms with Crippen molar-refractivity contribution < 1.29 is 42.1 Å². The summed E-state index contributed by atoms with van der Waals surface area (Å²) in [5.41, 5.74) is 0. The number of likely N-dealkylation sites (N-methyl/N-ethyl adjacent to an activating group) is 1. The van der Waals surface area contributed by atoms with Gasteiger partial charge in [-0.15, -0.1) is 0 Å². The Morgan fingerprint density at radius 3 is 1.18 bits per heavy atom. The van der Waals surface area contributed by atoms with Gasteiger partial charge < -0.3 is 18.9 Å². The first-order valence-corrected chi connectivity index (χ1v) is 32.2. The zero-order valence-electron chi connectivity index (χ0n) is 48.2. The molecule has 424 valence electrons. The summed E-state index contributed by atoms with van der Waals surface area (Å²) in [5, 5.41) is 0. The predicted octanol–water partition coefficient (Wildman–Crippen LogP) is 19.2. The Kier molecular flexibility index (Phi) is 52.7. The van der Waals surface area contributed by atoms with Crippen LogP contribution in [0.5, 0.6) is 0 Å². The Hall–Kier alpha value is -1.77. The van der Waals surface area contributed by atoms with Gasteiger partial charge in [0.15, 0.2) is 6.10 Å². The van der Waals surface area contributed by atoms with E-state index in [4.69, 9.17) is 18.5 Å². The summed E-state index contributed by atoms with van der Waals surface area (Å²) in [4.78, 5) is 35.6. The summed E-state index contributed by atoms with van der Waals surface area (Å²) in [6, 6.07) is 0. The fraction of sp³-hybridized carbons (Fsp3) is 0.871. The SMILES string of the molecule is CC/C=C\C/C=C\C/C=C\CCCCCCCC(=O)OC(COC(=O)CCCCCCCCCCCCCCCCCCCCCCCCCCCCCCCCCCC)COP(=O)(O)OCC[N+](C)(C)C. The van der Waals surface area contributed by atoms with E-state index < -0.39 is 26.5 Å². The minimum atomic E-state index is -4.39. The molecule has 0 aromatic carbocycles. The minimum absolute atomic E-state index is 0.0291. The van der Waals surface area contributed by atoms with Crippen LogP contribution in [0, 0.1) is 0 Å². The van der Waals surface area contributed by atoms with Crippen LogP contribution in [0.15, 0.2) is 36.5 Å². The number of allylic oxidation sites excluding steroid dienone is 6. The van der Waals surface area contributed by atoms with Gasteiger partial charge in [-0.25, -0.2) is 4.57 Å². The zero-order valence-corrected chi connectivity index (χ0v) is 49.1. The maximum Gasteiger partial charge on any atom is 0.472 e. The Morgan fingerprint density at radius 1 is 0.444 bits per heavy atom. The molecule has 0 spiro atoms. The van der Waals surface area contributed by atoms with Crippen LogP contribution >= 0.6 is 7.82 Å². The second-order valence-corrected chi connectivity index (χ2v) is 23.5. The fourth-order valence-corrected chi connectivity index (χ4v) is 9.72. The topological polar surface area (TPSA) is 108 Å². The van der Waals surface area contributed by atoms with Crippen molar-refractivity contribution in [1.29, 1.82) is 0 Å². The van der Waals surface area contributed by atoms with Crippen molar-refractivity contribution in [3.05, 3.63) is 36.5 Å². The highest BCUT2D eigenvalue weighted by Gasteiger charge is 2.27. The van der Waals surface area contributed by atoms with Crippen molar-refractivity contribution in [3.63, 3.8) is 0 Å². The molecular formula is C62H119NO8P+. The van der Waals surface area contributed by atoms with Crippen LogP contribution in [0.25, 0.3) is 0 Å². The lowest BCUT2D eigenvalue weighted by molar-refractivity contribution is -0.870. The van der Waals surface area contributed by atoms with E-state index in [1.54, 1.807) is 0 Å². The average molecular weight is 1040 g/mol. The molecule has 0 heterocycles. The fourth-order valence-electron chi connectivity index (χ4n) is 8.97. The molecule has 0 aliphatic rings. The highest BCUT2D eigenvalue weighted by atomic mass is 31.2. The van der Waals surface area contributed by atoms with Crippen molar-refractivity contribution in [2.75, 3.05) is 47.5 Å². The number of ether oxygens (including phenoxy) is 2. The van der Waals surface area contributed by atoms with E-state index in [0.717, 1.165) is 70.6 Å². The maximum atomic E-state index is 12.8. The van der Waals surface area contributed by atoms with Crippen LogP contribution in [0.3, 0.4) is 0 Å². The van der Waals surface area contributed by atoms with Crippen LogP contribution in [0.1, 0.15) is 296 Å². The average Bonchev–Trinajstić information content (AvgIpc) is 3.34. The number of rotatable bonds is 57. The van der Waals surface area contributed by atoms with Crippen molar-refractivity contribution in [1.82, 2.24) is 0 Å². The van der Waals surface area contributed by atoms with Crippen molar-refractivity contribution in [2.45, 2.75) is 302 Å². The van der Waals surface area contributed by atoms with Crippen LogP contribution in [0.4, 0.5) is 0 Å². The van der Waals surface area contributed by atoms with Gasteiger partial charge in [0, 0.05) is 12.8 Å². The Labute approximate surface area is 446 Å². The molecule has 0 aromatic rings. The molecule has 72 heavy (non-hydrogen) atoms. The third-order valence-electron chi connectivity index (χ3n) is 13.7. The lowest BCUT2D eigenvalue weighted by Gasteiger charge is -2.24. The number of unbranched alkanes of at least 4 members (excludes halogenated alkanes) is 37. The van der Waals surface area contributed by atoms with E-state index in [1.165, 1.54) is 193 Å². The van der Waals surface area contributed by atoms with Gasteiger partial charge >= 0.3 is 19.8 Å². The van der Waals surface area contributed by atoms with Gasteiger partial charge in [0.2, 0.25) is 0 Å². The van der Waals surface area contributed by atoms with Crippen LogP contribution in [-0.2, 0) is 32.7 Å². The number of quaternary nitrogens is 1. The van der Waals surface area contributed by atoms with E-state index in [9.17, 15) is 19.0 Å². The molecule has 0 aromatic heterocycles. The molecule has 2 atom stereocenters. The third kappa shape index (κ3) is 57.5. The smallest absolute Gasteiger partial charge is 0.462 e. The molecule has 9 nitrogen and oxygen atoms in total. The molecule has 2 unspecified atom stereocenters. The van der Waals surface area contributed by atoms with Gasteiger partial charge in [-0.3, -0.25) is 18.6 Å². The van der Waals surface area contributed by atoms with E-state index in [2.05, 4.69) is 50.3 Å². The van der Waals surface area contributed by atoms with Gasteiger partial charge in [0.25, 0.3) is 0 Å². The Morgan fingerprint density at radius 2 is 0.792 bits per heavy atom. The second-order valence-electron chi connectivity index (χ2n) is 22.1. The van der Waals surface area contributed by atoms with Crippen LogP contribution in [0.2, 0.25) is 0 Å². The molecule has 0 saturated carbocycles. The summed E-state index contributed by atoms with van der Waals surface area (Å²) in [6.07, 6.45) is 66.8. The lowest BCUT2D eigenvalue weighted by Crippen LogP contribution is -2.37. The number of nitrogens with zero attached hydrogens (tertiary/aromatic N) is 1. The zero-order chi connectivity index (χ0) is 52.7. The van der Waals surface area contributed by atoms with E-state index in [-0.39, 0.29) is 32.0 Å². The lowest BCUT2D eigenvalue weighted by atomic mass is 10.0. The number of esters is 2. The van der Waals surface area contributed by atoms with Crippen LogP contribution in [-0.4, -0.2) is 74.9 Å². The number of phosphoric acid groups is 1. The summed E-state index contributed by atoms with van der Waals surface area (Å²) in [7, 11) is 1.47. The number of phosphoric ester groups is 1. The predicted molar refractivity (Wildman–Crippen MR) is 307 cm³/mol. The summed E-state index contributed by atoms with van der Waals surface area (Å²) < 4.78 is 34.5. The monoisotopic (exact) mass is 1040 g/mol. The molecule has 0 aliphatic heterocycles. The first kappa shape index (κ1) is 70.2. The molecule has 1 N–H and O–H groups in total. The molecule has 10 heteroatoms. The summed E-state index contributed by atoms with van der Waals surface area (Å²) in [5.74, 6) is -0.805. The largest absolute Gasteiger partial charge is 0.472 e. The number of hydrogen-bond donors (Lipinski definition) is 1. The standard InChI is InChI=1S/C62H118NO8P/c1-6-8-10-12-14-16-18-20-22-23-24-25-26-27-28-29-30-31-32-33-34-35-36-37-38-39-41-42-44-46-48-50-52-54-61(64)68-58-60(59-70-72(66,67)69-57-56-63(3,4)5)71-62(65)55-53-51-49-47-45-43-40-21-19-17-15-13-11-9-7-2/h9,11,15,17,21,40,60H,6-8,10,12-14,16,18-20,22-39,41-59H2,1-5H3/p+1/b11-9-,17-15-,40-21-. The Bertz CT molecular complexity index is 1310. The Balaban J connectivity index is 3.95. The van der Waals surface area contributed by atoms with Gasteiger partial charge in [0.1, 0.15) is 19.8 Å². The number of carbonyl (C=O) groups is 2. The van der Waals surface area contributed by atoms with E-state index in [0.29, 0.717) is 17.4 Å². The van der Waals surface area contributed by atoms with Crippen molar-refractivity contribution >= 4 is 19.8 Å². The first-order valence-electron chi connectivity index (χ1n) is 30.7. The van der Waals surface area contributed by atoms with Crippen molar-refractivity contribution in [3.8, 4) is 0 Å². The molecule has 0 amide bonds. The van der Waals surface area contributed by atoms with Gasteiger partial charge in [0.05, 0.1) is 27.7 Å². The third-order valence-corrected chi connectivity index (χ3v) is 14.7. The van der Waals surface area contributed by atoms with E-state index >= 15 is 0 Å². The van der Waals surface area contributed by atoms with E-state index in [1.807, 2.05) is 21.1 Å². The molecule has 0 radical (unpaired) electrons. The van der Waals surface area contributed by atoms with Gasteiger partial charge in [-0.2, -0.15) is 0 Å². The number of carbonyl (C=O) groups excluding carboxylic acids is 2. The van der Waals surface area contributed by atoms with Crippen LogP contribution < -0.4 is 0 Å². The van der Waals surface area contributed by atoms with Gasteiger partial charge in [-0.05, 0) is 44.9 Å². The molecule has 0 saturated heterocycles. The summed E-state index contributed by atoms with van der Waals surface area (Å²) in [6.45, 7) is 4.34. The molecule has 0 rings (SSSR count). The molecule has 0 bridgehead atoms. The molecular weight excluding hydrogens is 918 g/mol. The second kappa shape index (κ2) is 54.0.